The lowest BCUT2D eigenvalue weighted by atomic mass is 9.52. The van der Waals surface area contributed by atoms with Crippen molar-refractivity contribution in [3.05, 3.63) is 35.4 Å². The van der Waals surface area contributed by atoms with Crippen molar-refractivity contribution in [2.45, 2.75) is 31.4 Å². The lowest BCUT2D eigenvalue weighted by molar-refractivity contribution is -0.143. The monoisotopic (exact) mass is 555 g/mol. The smallest absolute Gasteiger partial charge is 0.446 e. The molecule has 4 unspecified atom stereocenters. The molecule has 2 aromatic carbocycles. The molecular formula is C22H21NO12S2. The zero-order valence-corrected chi connectivity index (χ0v) is 20.7. The van der Waals surface area contributed by atoms with Gasteiger partial charge in [0.05, 0.1) is 11.7 Å². The van der Waals surface area contributed by atoms with E-state index in [2.05, 4.69) is 4.18 Å². The molecule has 1 spiro atoms. The standard InChI is InChI=1S/C22H21NO12S2/c1-21-5-4-15(25)17-19(27)23(6-7-36(29,30)31)20(28)22(17,21)18(26)12-8-10-11(9-13(12)21)16(3-2-14(10)24)35-37(32,33)34/h2-3,8-9,17,19,24,27H,4-7H2,1H3,(H,29,30,31)(H,32,33,34). The van der Waals surface area contributed by atoms with Crippen LogP contribution in [-0.2, 0) is 35.5 Å². The number of rotatable bonds is 5. The molecule has 3 aliphatic rings. The number of carbonyl (C=O) groups is 3. The molecule has 2 fully saturated rings. The fourth-order valence-corrected chi connectivity index (χ4v) is 7.07. The summed E-state index contributed by atoms with van der Waals surface area (Å²) in [6.45, 7) is 0.879. The predicted octanol–water partition coefficient (Wildman–Crippen LogP) is 0.195. The highest BCUT2D eigenvalue weighted by molar-refractivity contribution is 7.85. The van der Waals surface area contributed by atoms with Crippen molar-refractivity contribution in [1.82, 2.24) is 4.90 Å². The van der Waals surface area contributed by atoms with Crippen LogP contribution >= 0.6 is 0 Å². The summed E-state index contributed by atoms with van der Waals surface area (Å²) in [4.78, 5) is 41.6. The van der Waals surface area contributed by atoms with Gasteiger partial charge in [0.2, 0.25) is 5.91 Å². The van der Waals surface area contributed by atoms with E-state index < -0.39 is 73.3 Å². The summed E-state index contributed by atoms with van der Waals surface area (Å²) < 4.78 is 68.4. The third-order valence-corrected chi connectivity index (χ3v) is 8.93. The molecule has 0 bridgehead atoms. The molecule has 1 heterocycles. The van der Waals surface area contributed by atoms with Gasteiger partial charge in [-0.05, 0) is 36.2 Å². The number of fused-ring (bicyclic) bond motifs is 3. The maximum absolute atomic E-state index is 14.0. The molecule has 15 heteroatoms. The number of aromatic hydroxyl groups is 1. The van der Waals surface area contributed by atoms with Crippen LogP contribution in [0.5, 0.6) is 11.5 Å². The SMILES string of the molecule is CC12CCC(=O)C3C(O)N(CCS(=O)(=O)O)C(=O)C31C(=O)c1cc3c(O)ccc(OS(=O)(=O)O)c3cc12. The van der Waals surface area contributed by atoms with Gasteiger partial charge in [0.15, 0.2) is 11.5 Å². The number of ketones is 2. The lowest BCUT2D eigenvalue weighted by Crippen LogP contribution is -2.58. The Morgan fingerprint density at radius 1 is 1.08 bits per heavy atom. The molecule has 0 aromatic heterocycles. The van der Waals surface area contributed by atoms with Gasteiger partial charge in [-0.1, -0.05) is 6.92 Å². The van der Waals surface area contributed by atoms with Crippen LogP contribution in [0.4, 0.5) is 0 Å². The minimum Gasteiger partial charge on any atom is -0.507 e. The summed E-state index contributed by atoms with van der Waals surface area (Å²) in [6.07, 6.45) is -1.97. The molecule has 0 radical (unpaired) electrons. The van der Waals surface area contributed by atoms with E-state index in [1.54, 1.807) is 6.92 Å². The quantitative estimate of drug-likeness (QED) is 0.288. The van der Waals surface area contributed by atoms with Crippen molar-refractivity contribution in [2.24, 2.45) is 11.3 Å². The third kappa shape index (κ3) is 3.41. The molecule has 1 aliphatic heterocycles. The van der Waals surface area contributed by atoms with Gasteiger partial charge in [0.25, 0.3) is 10.1 Å². The maximum Gasteiger partial charge on any atom is 0.446 e. The normalized spacial score (nSPS) is 29.4. The minimum atomic E-state index is -4.97. The summed E-state index contributed by atoms with van der Waals surface area (Å²) in [6, 6.07) is 4.72. The number of amides is 1. The zero-order valence-electron chi connectivity index (χ0n) is 19.1. The molecule has 1 amide bonds. The van der Waals surface area contributed by atoms with E-state index in [1.807, 2.05) is 0 Å². The summed E-state index contributed by atoms with van der Waals surface area (Å²) in [5.74, 6) is -5.57. The minimum absolute atomic E-state index is 0.00914. The molecule has 198 valence electrons. The summed E-state index contributed by atoms with van der Waals surface area (Å²) in [5.41, 5.74) is -3.37. The van der Waals surface area contributed by atoms with Gasteiger partial charge in [0, 0.05) is 34.7 Å². The predicted molar refractivity (Wildman–Crippen MR) is 124 cm³/mol. The van der Waals surface area contributed by atoms with Gasteiger partial charge in [-0.15, -0.1) is 0 Å². The Balaban J connectivity index is 1.75. The van der Waals surface area contributed by atoms with E-state index in [0.717, 1.165) is 12.1 Å². The van der Waals surface area contributed by atoms with Crippen LogP contribution in [-0.4, -0.2) is 77.1 Å². The van der Waals surface area contributed by atoms with E-state index in [0.29, 0.717) is 4.90 Å². The Morgan fingerprint density at radius 2 is 1.76 bits per heavy atom. The molecule has 13 nitrogen and oxygen atoms in total. The van der Waals surface area contributed by atoms with Crippen LogP contribution in [0, 0.1) is 11.3 Å². The van der Waals surface area contributed by atoms with E-state index in [1.165, 1.54) is 12.1 Å². The molecule has 1 saturated heterocycles. The second-order valence-electron chi connectivity index (χ2n) is 9.65. The van der Waals surface area contributed by atoms with Crippen molar-refractivity contribution < 1.29 is 54.7 Å². The second-order valence-corrected chi connectivity index (χ2v) is 12.2. The number of phenols is 1. The Hall–Kier alpha value is -3.11. The Labute approximate surface area is 210 Å². The van der Waals surface area contributed by atoms with Crippen molar-refractivity contribution in [1.29, 1.82) is 0 Å². The molecular weight excluding hydrogens is 534 g/mol. The number of benzene rings is 2. The first kappa shape index (κ1) is 25.5. The number of hydrogen-bond donors (Lipinski definition) is 4. The van der Waals surface area contributed by atoms with Crippen LogP contribution < -0.4 is 4.18 Å². The molecule has 2 aliphatic carbocycles. The summed E-state index contributed by atoms with van der Waals surface area (Å²) in [5, 5.41) is 21.3. The first-order valence-corrected chi connectivity index (χ1v) is 14.0. The van der Waals surface area contributed by atoms with Crippen molar-refractivity contribution in [3.63, 3.8) is 0 Å². The van der Waals surface area contributed by atoms with E-state index >= 15 is 0 Å². The first-order chi connectivity index (χ1) is 17.0. The number of nitrogens with zero attached hydrogens (tertiary/aromatic N) is 1. The Kier molecular flexibility index (Phi) is 5.32. The number of phenolic OH excluding ortho intramolecular Hbond substituents is 1. The van der Waals surface area contributed by atoms with Crippen LogP contribution in [0.2, 0.25) is 0 Å². The number of aliphatic hydroxyl groups is 1. The van der Waals surface area contributed by atoms with Crippen LogP contribution in [0.1, 0.15) is 35.7 Å². The third-order valence-electron chi connectivity index (χ3n) is 7.84. The molecule has 2 aromatic rings. The number of Topliss-reactive ketones (excluding diaryl/α,β-unsaturated/α-hetero) is 2. The van der Waals surface area contributed by atoms with Crippen molar-refractivity contribution in [3.8, 4) is 11.5 Å². The van der Waals surface area contributed by atoms with Crippen molar-refractivity contribution in [2.75, 3.05) is 12.3 Å². The van der Waals surface area contributed by atoms with Gasteiger partial charge in [-0.3, -0.25) is 23.5 Å². The number of carbonyl (C=O) groups excluding carboxylic acids is 3. The molecule has 1 saturated carbocycles. The first-order valence-electron chi connectivity index (χ1n) is 11.0. The van der Waals surface area contributed by atoms with Gasteiger partial charge in [-0.2, -0.15) is 16.8 Å². The van der Waals surface area contributed by atoms with Gasteiger partial charge < -0.3 is 19.3 Å². The summed E-state index contributed by atoms with van der Waals surface area (Å²) >= 11 is 0. The number of aliphatic hydroxyl groups excluding tert-OH is 1. The van der Waals surface area contributed by atoms with Gasteiger partial charge in [0.1, 0.15) is 23.2 Å². The Bertz CT molecular complexity index is 1630. The number of hydrogen-bond acceptors (Lipinski definition) is 10. The molecule has 4 atom stereocenters. The van der Waals surface area contributed by atoms with Crippen molar-refractivity contribution >= 4 is 48.8 Å². The molecule has 37 heavy (non-hydrogen) atoms. The largest absolute Gasteiger partial charge is 0.507 e. The topological polar surface area (TPSA) is 213 Å². The fourth-order valence-electron chi connectivity index (χ4n) is 6.27. The van der Waals surface area contributed by atoms with Gasteiger partial charge >= 0.3 is 10.4 Å². The highest BCUT2D eigenvalue weighted by atomic mass is 32.3. The lowest BCUT2D eigenvalue weighted by Gasteiger charge is -2.45. The number of likely N-dealkylation sites (tertiary alicyclic amines) is 1. The fraction of sp³-hybridized carbons (Fsp3) is 0.409. The second kappa shape index (κ2) is 7.70. The average molecular weight is 556 g/mol. The van der Waals surface area contributed by atoms with Crippen LogP contribution in [0.25, 0.3) is 10.8 Å². The van der Waals surface area contributed by atoms with E-state index in [-0.39, 0.29) is 46.2 Å². The van der Waals surface area contributed by atoms with Gasteiger partial charge in [-0.25, -0.2) is 0 Å². The van der Waals surface area contributed by atoms with Crippen LogP contribution in [0.3, 0.4) is 0 Å². The average Bonchev–Trinajstić information content (AvgIpc) is 3.13. The summed E-state index contributed by atoms with van der Waals surface area (Å²) in [7, 11) is -9.51. The molecule has 5 rings (SSSR count). The maximum atomic E-state index is 14.0. The van der Waals surface area contributed by atoms with Crippen LogP contribution in [0.15, 0.2) is 24.3 Å². The van der Waals surface area contributed by atoms with E-state index in [9.17, 15) is 46.0 Å². The zero-order chi connectivity index (χ0) is 27.3. The molecule has 4 N–H and O–H groups in total. The highest BCUT2D eigenvalue weighted by Crippen LogP contribution is 2.65. The Morgan fingerprint density at radius 3 is 2.38 bits per heavy atom. The van der Waals surface area contributed by atoms with E-state index in [4.69, 9.17) is 4.55 Å². The highest BCUT2D eigenvalue weighted by Gasteiger charge is 2.77.